The summed E-state index contributed by atoms with van der Waals surface area (Å²) in [6, 6.07) is 8.19. The number of sulfonamides is 1. The first-order valence-corrected chi connectivity index (χ1v) is 12.7. The quantitative estimate of drug-likeness (QED) is 0.722. The van der Waals surface area contributed by atoms with Gasteiger partial charge >= 0.3 is 0 Å². The number of amides is 1. The molecular weight excluding hydrogens is 416 g/mol. The Bertz CT molecular complexity index is 1140. The normalized spacial score (nSPS) is 18.5. The molecule has 0 spiro atoms. The van der Waals surface area contributed by atoms with Gasteiger partial charge in [0.15, 0.2) is 9.84 Å². The van der Waals surface area contributed by atoms with E-state index < -0.39 is 32.3 Å². The fourth-order valence-electron chi connectivity index (χ4n) is 3.39. The van der Waals surface area contributed by atoms with Gasteiger partial charge in [-0.3, -0.25) is 9.10 Å². The fraction of sp³-hybridized carbons (Fsp3) is 0.444. The monoisotopic (exact) mass is 440 g/mol. The van der Waals surface area contributed by atoms with Crippen molar-refractivity contribution in [1.29, 1.82) is 0 Å². The van der Waals surface area contributed by atoms with Gasteiger partial charge in [0.1, 0.15) is 12.4 Å². The molecule has 1 aliphatic rings. The highest BCUT2D eigenvalue weighted by atomic mass is 32.2. The zero-order valence-electron chi connectivity index (χ0n) is 16.5. The number of hydrogen-bond donors (Lipinski definition) is 1. The molecule has 0 saturated carbocycles. The third-order valence-corrected chi connectivity index (χ3v) is 7.63. The topological polar surface area (TPSA) is 118 Å². The van der Waals surface area contributed by atoms with Crippen LogP contribution in [-0.4, -0.2) is 56.8 Å². The molecule has 3 rings (SSSR count). The number of aromatic nitrogens is 2. The van der Waals surface area contributed by atoms with Crippen LogP contribution in [0.3, 0.4) is 0 Å². The lowest BCUT2D eigenvalue weighted by Gasteiger charge is -2.23. The largest absolute Gasteiger partial charge is 0.309 e. The number of benzene rings is 1. The summed E-state index contributed by atoms with van der Waals surface area (Å²) in [4.78, 5) is 12.7. The van der Waals surface area contributed by atoms with Gasteiger partial charge in [-0.05, 0) is 31.9 Å². The minimum Gasteiger partial charge on any atom is -0.309 e. The van der Waals surface area contributed by atoms with Gasteiger partial charge in [-0.15, -0.1) is 0 Å². The molecule has 0 aliphatic carbocycles. The second-order valence-electron chi connectivity index (χ2n) is 7.28. The highest BCUT2D eigenvalue weighted by Gasteiger charge is 2.31. The lowest BCUT2D eigenvalue weighted by atomic mass is 10.2. The van der Waals surface area contributed by atoms with E-state index >= 15 is 0 Å². The summed E-state index contributed by atoms with van der Waals surface area (Å²) in [5, 5.41) is 7.01. The van der Waals surface area contributed by atoms with Gasteiger partial charge in [-0.2, -0.15) is 5.10 Å². The van der Waals surface area contributed by atoms with Crippen LogP contribution in [0.25, 0.3) is 0 Å². The highest BCUT2D eigenvalue weighted by molar-refractivity contribution is 7.92. The van der Waals surface area contributed by atoms with Crippen LogP contribution in [0.5, 0.6) is 0 Å². The predicted molar refractivity (Wildman–Crippen MR) is 111 cm³/mol. The van der Waals surface area contributed by atoms with Crippen molar-refractivity contribution < 1.29 is 21.6 Å². The highest BCUT2D eigenvalue weighted by Crippen LogP contribution is 2.27. The molecule has 1 atom stereocenters. The Labute approximate surface area is 170 Å². The lowest BCUT2D eigenvalue weighted by molar-refractivity contribution is -0.114. The van der Waals surface area contributed by atoms with Crippen LogP contribution in [0, 0.1) is 13.8 Å². The number of rotatable bonds is 6. The minimum absolute atomic E-state index is 0.0321. The molecule has 1 aliphatic heterocycles. The van der Waals surface area contributed by atoms with Gasteiger partial charge in [-0.25, -0.2) is 21.5 Å². The lowest BCUT2D eigenvalue weighted by Crippen LogP contribution is -2.38. The first-order chi connectivity index (χ1) is 13.5. The zero-order valence-corrected chi connectivity index (χ0v) is 18.1. The zero-order chi connectivity index (χ0) is 21.4. The molecule has 9 nitrogen and oxygen atoms in total. The van der Waals surface area contributed by atoms with Gasteiger partial charge in [0.05, 0.1) is 35.2 Å². The number of carbonyl (C=O) groups excluding carboxylic acids is 1. The van der Waals surface area contributed by atoms with Crippen LogP contribution in [0.1, 0.15) is 23.7 Å². The van der Waals surface area contributed by atoms with E-state index in [2.05, 4.69) is 10.4 Å². The van der Waals surface area contributed by atoms with Crippen LogP contribution >= 0.6 is 0 Å². The molecule has 1 aromatic heterocycles. The number of sulfone groups is 1. The molecule has 11 heteroatoms. The van der Waals surface area contributed by atoms with Gasteiger partial charge < -0.3 is 5.32 Å². The fourth-order valence-corrected chi connectivity index (χ4v) is 6.00. The van der Waals surface area contributed by atoms with Crippen LogP contribution in [-0.2, 0) is 24.7 Å². The van der Waals surface area contributed by atoms with Crippen molar-refractivity contribution in [2.24, 2.45) is 0 Å². The van der Waals surface area contributed by atoms with Crippen LogP contribution in [0.15, 0.2) is 30.3 Å². The molecule has 2 heterocycles. The Balaban J connectivity index is 1.82. The van der Waals surface area contributed by atoms with Crippen LogP contribution in [0.4, 0.5) is 11.5 Å². The first kappa shape index (κ1) is 21.3. The number of aryl methyl sites for hydroxylation is 2. The van der Waals surface area contributed by atoms with E-state index in [4.69, 9.17) is 0 Å². The predicted octanol–water partition coefficient (Wildman–Crippen LogP) is 1.26. The molecule has 0 bridgehead atoms. The van der Waals surface area contributed by atoms with E-state index in [1.165, 1.54) is 4.68 Å². The SMILES string of the molecule is Cc1cc(NC(=O)CN(c2ccccc2C)S(C)(=O)=O)n(C2CCS(=O)(=O)C2)n1. The second-order valence-corrected chi connectivity index (χ2v) is 11.4. The van der Waals surface area contributed by atoms with Gasteiger partial charge in [0.2, 0.25) is 15.9 Å². The van der Waals surface area contributed by atoms with Crippen molar-refractivity contribution >= 4 is 37.3 Å². The number of para-hydroxylation sites is 1. The summed E-state index contributed by atoms with van der Waals surface area (Å²) < 4.78 is 50.7. The Kier molecular flexibility index (Phi) is 5.72. The molecule has 29 heavy (non-hydrogen) atoms. The molecule has 1 fully saturated rings. The average molecular weight is 441 g/mol. The number of nitrogens with zero attached hydrogens (tertiary/aromatic N) is 3. The molecule has 158 valence electrons. The number of hydrogen-bond acceptors (Lipinski definition) is 6. The Morgan fingerprint density at radius 2 is 2.00 bits per heavy atom. The maximum absolute atomic E-state index is 12.7. The third-order valence-electron chi connectivity index (χ3n) is 4.75. The maximum atomic E-state index is 12.7. The summed E-state index contributed by atoms with van der Waals surface area (Å²) in [5.41, 5.74) is 1.78. The Morgan fingerprint density at radius 3 is 2.59 bits per heavy atom. The molecule has 1 N–H and O–H groups in total. The standard InChI is InChI=1S/C18H24N4O5S2/c1-13-6-4-5-7-16(13)21(28(3,24)25)11-18(23)19-17-10-14(2)20-22(17)15-8-9-29(26,27)12-15/h4-7,10,15H,8-9,11-12H2,1-3H3,(H,19,23). The maximum Gasteiger partial charge on any atom is 0.246 e. The summed E-state index contributed by atoms with van der Waals surface area (Å²) >= 11 is 0. The average Bonchev–Trinajstić information content (AvgIpc) is 3.14. The van der Waals surface area contributed by atoms with Gasteiger partial charge in [-0.1, -0.05) is 18.2 Å². The Morgan fingerprint density at radius 1 is 1.31 bits per heavy atom. The molecule has 0 radical (unpaired) electrons. The summed E-state index contributed by atoms with van der Waals surface area (Å²) in [7, 11) is -6.81. The van der Waals surface area contributed by atoms with Gasteiger partial charge in [0.25, 0.3) is 0 Å². The molecule has 1 unspecified atom stereocenters. The third kappa shape index (κ3) is 4.96. The summed E-state index contributed by atoms with van der Waals surface area (Å²) in [6.07, 6.45) is 1.47. The molecule has 2 aromatic rings. The smallest absolute Gasteiger partial charge is 0.246 e. The number of anilines is 2. The summed E-state index contributed by atoms with van der Waals surface area (Å²) in [5.74, 6) is -0.136. The minimum atomic E-state index is -3.69. The van der Waals surface area contributed by atoms with Crippen molar-refractivity contribution in [2.45, 2.75) is 26.3 Å². The van der Waals surface area contributed by atoms with Crippen molar-refractivity contribution in [1.82, 2.24) is 9.78 Å². The van der Waals surface area contributed by atoms with E-state index in [-0.39, 0.29) is 17.5 Å². The first-order valence-electron chi connectivity index (χ1n) is 9.06. The molecule has 1 aromatic carbocycles. The van der Waals surface area contributed by atoms with Crippen molar-refractivity contribution in [3.63, 3.8) is 0 Å². The van der Waals surface area contributed by atoms with Gasteiger partial charge in [0, 0.05) is 6.07 Å². The Hall–Kier alpha value is -2.40. The molecular formula is C18H24N4O5S2. The van der Waals surface area contributed by atoms with Crippen molar-refractivity contribution in [3.05, 3.63) is 41.6 Å². The van der Waals surface area contributed by atoms with Crippen molar-refractivity contribution in [2.75, 3.05) is 33.9 Å². The van der Waals surface area contributed by atoms with E-state index in [1.54, 1.807) is 44.2 Å². The summed E-state index contributed by atoms with van der Waals surface area (Å²) in [6.45, 7) is 3.10. The van der Waals surface area contributed by atoms with E-state index in [1.807, 2.05) is 0 Å². The number of nitrogens with one attached hydrogen (secondary N) is 1. The van der Waals surface area contributed by atoms with E-state index in [0.29, 0.717) is 23.6 Å². The molecule has 1 amide bonds. The van der Waals surface area contributed by atoms with Crippen molar-refractivity contribution in [3.8, 4) is 0 Å². The van der Waals surface area contributed by atoms with Crippen LogP contribution < -0.4 is 9.62 Å². The molecule has 1 saturated heterocycles. The van der Waals surface area contributed by atoms with Crippen LogP contribution in [0.2, 0.25) is 0 Å². The second kappa shape index (κ2) is 7.79. The number of carbonyl (C=O) groups is 1. The van der Waals surface area contributed by atoms with E-state index in [0.717, 1.165) is 16.1 Å². The van der Waals surface area contributed by atoms with E-state index in [9.17, 15) is 21.6 Å².